The highest BCUT2D eigenvalue weighted by atomic mass is 35.5. The molecule has 3 nitrogen and oxygen atoms in total. The minimum Gasteiger partial charge on any atom is -0.324 e. The molecule has 0 bridgehead atoms. The Hall–Kier alpha value is -1.52. The second-order valence-corrected chi connectivity index (χ2v) is 5.01. The molecule has 1 heterocycles. The fourth-order valence-electron chi connectivity index (χ4n) is 1.98. The highest BCUT2D eigenvalue weighted by molar-refractivity contribution is 6.30. The molecule has 0 fully saturated rings. The van der Waals surface area contributed by atoms with Crippen molar-refractivity contribution < 1.29 is 4.39 Å². The number of rotatable bonds is 3. The summed E-state index contributed by atoms with van der Waals surface area (Å²) in [5, 5.41) is 8.38. The molecule has 1 atom stereocenters. The maximum atomic E-state index is 13.7. The zero-order valence-electron chi connectivity index (χ0n) is 10.8. The summed E-state index contributed by atoms with van der Waals surface area (Å²) < 4.78 is 13.7. The van der Waals surface area contributed by atoms with E-state index in [9.17, 15) is 4.39 Å². The van der Waals surface area contributed by atoms with Crippen molar-refractivity contribution in [3.63, 3.8) is 0 Å². The van der Waals surface area contributed by atoms with Crippen molar-refractivity contribution in [1.29, 1.82) is 0 Å². The molecule has 1 aromatic heterocycles. The van der Waals surface area contributed by atoms with Crippen LogP contribution in [0.5, 0.6) is 0 Å². The molecular formula is C14H15ClFN3. The smallest absolute Gasteiger partial charge is 0.127 e. The first kappa shape index (κ1) is 13.9. The van der Waals surface area contributed by atoms with Gasteiger partial charge in [0.15, 0.2) is 0 Å². The second-order valence-electron chi connectivity index (χ2n) is 4.57. The van der Waals surface area contributed by atoms with Gasteiger partial charge in [-0.05, 0) is 49.6 Å². The summed E-state index contributed by atoms with van der Waals surface area (Å²) in [5.74, 6) is -0.334. The van der Waals surface area contributed by atoms with Crippen molar-refractivity contribution in [2.75, 3.05) is 0 Å². The Morgan fingerprint density at radius 2 is 2.00 bits per heavy atom. The van der Waals surface area contributed by atoms with Gasteiger partial charge in [0.05, 0.1) is 11.4 Å². The molecule has 0 aliphatic carbocycles. The molecule has 5 heteroatoms. The van der Waals surface area contributed by atoms with E-state index in [0.29, 0.717) is 17.0 Å². The summed E-state index contributed by atoms with van der Waals surface area (Å²) in [4.78, 5) is 0. The van der Waals surface area contributed by atoms with Gasteiger partial charge in [-0.2, -0.15) is 10.2 Å². The summed E-state index contributed by atoms with van der Waals surface area (Å²) in [6, 6.07) is 6.20. The summed E-state index contributed by atoms with van der Waals surface area (Å²) in [5.41, 5.74) is 9.14. The van der Waals surface area contributed by atoms with Crippen LogP contribution in [-0.4, -0.2) is 10.2 Å². The number of hydrogen-bond donors (Lipinski definition) is 1. The summed E-state index contributed by atoms with van der Waals surface area (Å²) in [6.07, 6.45) is 0.398. The highest BCUT2D eigenvalue weighted by Crippen LogP contribution is 2.22. The van der Waals surface area contributed by atoms with Crippen LogP contribution in [0.15, 0.2) is 24.3 Å². The first-order chi connectivity index (χ1) is 8.97. The maximum Gasteiger partial charge on any atom is 0.127 e. The molecule has 0 aliphatic rings. The van der Waals surface area contributed by atoms with E-state index in [1.54, 1.807) is 12.1 Å². The Bertz CT molecular complexity index is 601. The zero-order valence-corrected chi connectivity index (χ0v) is 11.6. The van der Waals surface area contributed by atoms with Crippen LogP contribution in [0.2, 0.25) is 5.02 Å². The molecule has 1 unspecified atom stereocenters. The lowest BCUT2D eigenvalue weighted by Crippen LogP contribution is -2.16. The monoisotopic (exact) mass is 279 g/mol. The topological polar surface area (TPSA) is 51.8 Å². The first-order valence-corrected chi connectivity index (χ1v) is 6.35. The fourth-order valence-corrected chi connectivity index (χ4v) is 2.14. The molecule has 0 aliphatic heterocycles. The molecule has 2 rings (SSSR count). The van der Waals surface area contributed by atoms with Crippen LogP contribution in [0.4, 0.5) is 4.39 Å². The lowest BCUT2D eigenvalue weighted by atomic mass is 9.98. The third kappa shape index (κ3) is 3.28. The molecule has 0 amide bonds. The van der Waals surface area contributed by atoms with Crippen molar-refractivity contribution in [3.8, 4) is 0 Å². The first-order valence-electron chi connectivity index (χ1n) is 5.97. The van der Waals surface area contributed by atoms with Gasteiger partial charge in [0.2, 0.25) is 0 Å². The Kier molecular flexibility index (Phi) is 4.12. The highest BCUT2D eigenvalue weighted by Gasteiger charge is 2.14. The minimum absolute atomic E-state index is 0.315. The van der Waals surface area contributed by atoms with E-state index in [-0.39, 0.29) is 11.9 Å². The van der Waals surface area contributed by atoms with Gasteiger partial charge in [0, 0.05) is 11.1 Å². The van der Waals surface area contributed by atoms with Crippen LogP contribution in [-0.2, 0) is 6.42 Å². The van der Waals surface area contributed by atoms with Crippen molar-refractivity contribution in [3.05, 3.63) is 57.6 Å². The van der Waals surface area contributed by atoms with E-state index >= 15 is 0 Å². The molecule has 0 radical (unpaired) electrons. The number of benzene rings is 1. The van der Waals surface area contributed by atoms with E-state index in [0.717, 1.165) is 17.0 Å². The Morgan fingerprint density at radius 3 is 2.68 bits per heavy atom. The second kappa shape index (κ2) is 5.63. The van der Waals surface area contributed by atoms with Gasteiger partial charge in [-0.3, -0.25) is 0 Å². The lowest BCUT2D eigenvalue weighted by Gasteiger charge is -2.15. The van der Waals surface area contributed by atoms with Crippen molar-refractivity contribution in [2.24, 2.45) is 5.73 Å². The van der Waals surface area contributed by atoms with E-state index in [1.807, 2.05) is 19.9 Å². The van der Waals surface area contributed by atoms with E-state index in [1.165, 1.54) is 6.07 Å². The number of nitrogens with two attached hydrogens (primary N) is 1. The molecular weight excluding hydrogens is 265 g/mol. The molecule has 0 saturated carbocycles. The average molecular weight is 280 g/mol. The molecule has 100 valence electrons. The molecule has 19 heavy (non-hydrogen) atoms. The molecule has 1 aromatic carbocycles. The average Bonchev–Trinajstić information content (AvgIpc) is 2.35. The zero-order chi connectivity index (χ0) is 14.0. The number of halogens is 2. The lowest BCUT2D eigenvalue weighted by molar-refractivity contribution is 0.591. The quantitative estimate of drug-likeness (QED) is 0.939. The number of hydrogen-bond acceptors (Lipinski definition) is 3. The van der Waals surface area contributed by atoms with Crippen LogP contribution in [0.25, 0.3) is 0 Å². The van der Waals surface area contributed by atoms with Crippen molar-refractivity contribution in [1.82, 2.24) is 10.2 Å². The standard InChI is InChI=1S/C14H15ClFN3/c1-8-5-12(9(2)19-18-8)14(17)6-10-3-4-11(15)7-13(10)16/h3-5,7,14H,6,17H2,1-2H3. The molecule has 2 N–H and O–H groups in total. The van der Waals surface area contributed by atoms with Gasteiger partial charge in [-0.25, -0.2) is 4.39 Å². The predicted octanol–water partition coefficient (Wildman–Crippen LogP) is 3.13. The number of nitrogens with zero attached hydrogens (tertiary/aromatic N) is 2. The van der Waals surface area contributed by atoms with Crippen molar-refractivity contribution >= 4 is 11.6 Å². The Labute approximate surface area is 116 Å². The number of aryl methyl sites for hydroxylation is 2. The molecule has 2 aromatic rings. The van der Waals surface area contributed by atoms with Gasteiger partial charge in [0.1, 0.15) is 5.82 Å². The Morgan fingerprint density at radius 1 is 1.26 bits per heavy atom. The van der Waals surface area contributed by atoms with Crippen LogP contribution >= 0.6 is 11.6 Å². The van der Waals surface area contributed by atoms with E-state index in [4.69, 9.17) is 17.3 Å². The third-order valence-electron chi connectivity index (χ3n) is 2.99. The normalized spacial score (nSPS) is 12.5. The van der Waals surface area contributed by atoms with E-state index < -0.39 is 0 Å². The van der Waals surface area contributed by atoms with Crippen LogP contribution in [0.1, 0.15) is 28.6 Å². The summed E-state index contributed by atoms with van der Waals surface area (Å²) >= 11 is 5.73. The van der Waals surface area contributed by atoms with Crippen LogP contribution < -0.4 is 5.73 Å². The third-order valence-corrected chi connectivity index (χ3v) is 3.23. The predicted molar refractivity (Wildman–Crippen MR) is 73.5 cm³/mol. The van der Waals surface area contributed by atoms with Crippen LogP contribution in [0, 0.1) is 19.7 Å². The van der Waals surface area contributed by atoms with Gasteiger partial charge in [-0.1, -0.05) is 17.7 Å². The SMILES string of the molecule is Cc1cc(C(N)Cc2ccc(Cl)cc2F)c(C)nn1. The number of aromatic nitrogens is 2. The fraction of sp³-hybridized carbons (Fsp3) is 0.286. The summed E-state index contributed by atoms with van der Waals surface area (Å²) in [6.45, 7) is 3.70. The molecule has 0 spiro atoms. The van der Waals surface area contributed by atoms with Gasteiger partial charge in [0.25, 0.3) is 0 Å². The maximum absolute atomic E-state index is 13.7. The van der Waals surface area contributed by atoms with E-state index in [2.05, 4.69) is 10.2 Å². The van der Waals surface area contributed by atoms with Gasteiger partial charge < -0.3 is 5.73 Å². The van der Waals surface area contributed by atoms with Crippen LogP contribution in [0.3, 0.4) is 0 Å². The van der Waals surface area contributed by atoms with Gasteiger partial charge >= 0.3 is 0 Å². The summed E-state index contributed by atoms with van der Waals surface area (Å²) in [7, 11) is 0. The minimum atomic E-state index is -0.334. The Balaban J connectivity index is 2.25. The molecule has 0 saturated heterocycles. The largest absolute Gasteiger partial charge is 0.324 e. The van der Waals surface area contributed by atoms with Crippen molar-refractivity contribution in [2.45, 2.75) is 26.3 Å². The van der Waals surface area contributed by atoms with Gasteiger partial charge in [-0.15, -0.1) is 0 Å².